The van der Waals surface area contributed by atoms with Crippen molar-refractivity contribution in [2.75, 3.05) is 19.4 Å². The standard InChI is InChI=1S/C17H20F3N3O4S/c1-28(26,27)22-7-6-15-14(9-22)16(21-23(15)8-13(25)10-24)11-2-4-12(5-3-11)17(18,19)20/h2-5,13,24-25H,6-10H2,1H3/t13-/m1/s1. The number of rotatable bonds is 5. The first-order valence-electron chi connectivity index (χ1n) is 8.51. The van der Waals surface area contributed by atoms with Gasteiger partial charge in [0.1, 0.15) is 0 Å². The Hall–Kier alpha value is -1.95. The minimum absolute atomic E-state index is 0.00164. The van der Waals surface area contributed by atoms with Crippen molar-refractivity contribution in [3.8, 4) is 11.3 Å². The van der Waals surface area contributed by atoms with Gasteiger partial charge in [0.2, 0.25) is 10.0 Å². The van der Waals surface area contributed by atoms with Gasteiger partial charge in [-0.05, 0) is 12.1 Å². The molecule has 0 amide bonds. The summed E-state index contributed by atoms with van der Waals surface area (Å²) in [7, 11) is -3.45. The van der Waals surface area contributed by atoms with Crippen molar-refractivity contribution in [3.63, 3.8) is 0 Å². The molecular formula is C17H20F3N3O4S. The monoisotopic (exact) mass is 419 g/mol. The quantitative estimate of drug-likeness (QED) is 0.760. The maximum absolute atomic E-state index is 12.8. The van der Waals surface area contributed by atoms with E-state index in [4.69, 9.17) is 5.11 Å². The van der Waals surface area contributed by atoms with Gasteiger partial charge in [0, 0.05) is 36.3 Å². The first kappa shape index (κ1) is 20.8. The number of aliphatic hydroxyl groups excluding tert-OH is 2. The van der Waals surface area contributed by atoms with Gasteiger partial charge < -0.3 is 10.2 Å². The number of sulfonamides is 1. The smallest absolute Gasteiger partial charge is 0.394 e. The molecular weight excluding hydrogens is 399 g/mol. The maximum Gasteiger partial charge on any atom is 0.416 e. The van der Waals surface area contributed by atoms with Crippen molar-refractivity contribution in [1.29, 1.82) is 0 Å². The zero-order valence-electron chi connectivity index (χ0n) is 15.0. The minimum atomic E-state index is -4.46. The van der Waals surface area contributed by atoms with Gasteiger partial charge in [0.05, 0.1) is 36.8 Å². The first-order chi connectivity index (χ1) is 13.0. The van der Waals surface area contributed by atoms with E-state index in [1.54, 1.807) is 0 Å². The van der Waals surface area contributed by atoms with Crippen molar-refractivity contribution < 1.29 is 31.8 Å². The SMILES string of the molecule is CS(=O)(=O)N1CCc2c(c(-c3ccc(C(F)(F)F)cc3)nn2C[C@@H](O)CO)C1. The number of benzene rings is 1. The molecule has 0 unspecified atom stereocenters. The lowest BCUT2D eigenvalue weighted by Gasteiger charge is -2.26. The predicted molar refractivity (Wildman–Crippen MR) is 94.7 cm³/mol. The van der Waals surface area contributed by atoms with Crippen molar-refractivity contribution in [3.05, 3.63) is 41.1 Å². The number of aliphatic hydroxyl groups is 2. The number of nitrogens with zero attached hydrogens (tertiary/aromatic N) is 3. The zero-order valence-corrected chi connectivity index (χ0v) is 15.8. The Balaban J connectivity index is 2.05. The highest BCUT2D eigenvalue weighted by molar-refractivity contribution is 7.88. The number of hydrogen-bond donors (Lipinski definition) is 2. The van der Waals surface area contributed by atoms with E-state index in [1.165, 1.54) is 21.1 Å². The molecule has 1 atom stereocenters. The average Bonchev–Trinajstić information content (AvgIpc) is 2.98. The Morgan fingerprint density at radius 2 is 1.89 bits per heavy atom. The van der Waals surface area contributed by atoms with Gasteiger partial charge in [-0.3, -0.25) is 4.68 Å². The fourth-order valence-corrected chi connectivity index (χ4v) is 3.99. The van der Waals surface area contributed by atoms with E-state index < -0.39 is 34.5 Å². The molecule has 2 N–H and O–H groups in total. The van der Waals surface area contributed by atoms with E-state index in [0.717, 1.165) is 18.4 Å². The molecule has 7 nitrogen and oxygen atoms in total. The van der Waals surface area contributed by atoms with Crippen LogP contribution in [0.4, 0.5) is 13.2 Å². The van der Waals surface area contributed by atoms with Gasteiger partial charge in [0.25, 0.3) is 0 Å². The Kier molecular flexibility index (Phi) is 5.54. The number of fused-ring (bicyclic) bond motifs is 1. The lowest BCUT2D eigenvalue weighted by atomic mass is 10.0. The molecule has 0 saturated heterocycles. The highest BCUT2D eigenvalue weighted by Crippen LogP contribution is 2.34. The molecule has 1 aliphatic heterocycles. The molecule has 0 saturated carbocycles. The molecule has 28 heavy (non-hydrogen) atoms. The normalized spacial score (nSPS) is 16.8. The fourth-order valence-electron chi connectivity index (χ4n) is 3.21. The van der Waals surface area contributed by atoms with E-state index in [-0.39, 0.29) is 19.6 Å². The average molecular weight is 419 g/mol. The maximum atomic E-state index is 12.8. The van der Waals surface area contributed by atoms with Crippen molar-refractivity contribution in [1.82, 2.24) is 14.1 Å². The summed E-state index contributed by atoms with van der Waals surface area (Å²) in [6, 6.07) is 4.47. The molecule has 2 aromatic rings. The Bertz CT molecular complexity index is 955. The number of alkyl halides is 3. The van der Waals surface area contributed by atoms with Crippen LogP contribution in [0.5, 0.6) is 0 Å². The summed E-state index contributed by atoms with van der Waals surface area (Å²) in [5.41, 5.74) is 1.26. The van der Waals surface area contributed by atoms with Crippen LogP contribution in [-0.2, 0) is 35.7 Å². The summed E-state index contributed by atoms with van der Waals surface area (Å²) in [4.78, 5) is 0. The fraction of sp³-hybridized carbons (Fsp3) is 0.471. The summed E-state index contributed by atoms with van der Waals surface area (Å²) in [6.45, 7) is -0.197. The molecule has 1 aliphatic rings. The topological polar surface area (TPSA) is 95.7 Å². The summed E-state index contributed by atoms with van der Waals surface area (Å²) in [5.74, 6) is 0. The van der Waals surface area contributed by atoms with Gasteiger partial charge in [-0.2, -0.15) is 22.6 Å². The number of hydrogen-bond acceptors (Lipinski definition) is 5. The van der Waals surface area contributed by atoms with Crippen LogP contribution in [-0.4, -0.2) is 58.2 Å². The van der Waals surface area contributed by atoms with Crippen LogP contribution in [0.15, 0.2) is 24.3 Å². The largest absolute Gasteiger partial charge is 0.416 e. The third-order valence-electron chi connectivity index (χ3n) is 4.65. The summed E-state index contributed by atoms with van der Waals surface area (Å²) in [5, 5.41) is 23.3. The molecule has 154 valence electrons. The Labute approximate surface area is 160 Å². The molecule has 1 aromatic heterocycles. The van der Waals surface area contributed by atoms with Crippen LogP contribution in [0.2, 0.25) is 0 Å². The molecule has 0 fully saturated rings. The lowest BCUT2D eigenvalue weighted by Crippen LogP contribution is -2.36. The van der Waals surface area contributed by atoms with Crippen molar-refractivity contribution in [2.45, 2.75) is 31.8 Å². The second-order valence-electron chi connectivity index (χ2n) is 6.71. The van der Waals surface area contributed by atoms with Crippen LogP contribution in [0.1, 0.15) is 16.8 Å². The predicted octanol–water partition coefficient (Wildman–Crippen LogP) is 1.24. The van der Waals surface area contributed by atoms with Crippen molar-refractivity contribution >= 4 is 10.0 Å². The van der Waals surface area contributed by atoms with Gasteiger partial charge in [-0.15, -0.1) is 0 Å². The second kappa shape index (κ2) is 7.47. The number of halogens is 3. The molecule has 11 heteroatoms. The van der Waals surface area contributed by atoms with Gasteiger partial charge in [-0.25, -0.2) is 8.42 Å². The van der Waals surface area contributed by atoms with Gasteiger partial charge >= 0.3 is 6.18 Å². The van der Waals surface area contributed by atoms with E-state index in [2.05, 4.69) is 5.10 Å². The van der Waals surface area contributed by atoms with E-state index in [0.29, 0.717) is 28.9 Å². The molecule has 3 rings (SSSR count). The van der Waals surface area contributed by atoms with Crippen LogP contribution in [0.3, 0.4) is 0 Å². The highest BCUT2D eigenvalue weighted by Gasteiger charge is 2.32. The van der Waals surface area contributed by atoms with Crippen LogP contribution in [0.25, 0.3) is 11.3 Å². The molecule has 0 spiro atoms. The minimum Gasteiger partial charge on any atom is -0.394 e. The molecule has 0 aliphatic carbocycles. The van der Waals surface area contributed by atoms with Gasteiger partial charge in [0.15, 0.2) is 0 Å². The summed E-state index contributed by atoms with van der Waals surface area (Å²) >= 11 is 0. The van der Waals surface area contributed by atoms with Gasteiger partial charge in [-0.1, -0.05) is 12.1 Å². The third kappa shape index (κ3) is 4.22. The highest BCUT2D eigenvalue weighted by atomic mass is 32.2. The van der Waals surface area contributed by atoms with Crippen LogP contribution >= 0.6 is 0 Å². The molecule has 0 radical (unpaired) electrons. The van der Waals surface area contributed by atoms with Crippen molar-refractivity contribution in [2.24, 2.45) is 0 Å². The van der Waals surface area contributed by atoms with Crippen LogP contribution in [0, 0.1) is 0 Å². The van der Waals surface area contributed by atoms with Crippen LogP contribution < -0.4 is 0 Å². The first-order valence-corrected chi connectivity index (χ1v) is 10.4. The van der Waals surface area contributed by atoms with E-state index in [1.807, 2.05) is 0 Å². The number of aromatic nitrogens is 2. The molecule has 0 bridgehead atoms. The Morgan fingerprint density at radius 1 is 1.25 bits per heavy atom. The lowest BCUT2D eigenvalue weighted by molar-refractivity contribution is -0.137. The summed E-state index contributed by atoms with van der Waals surface area (Å²) < 4.78 is 65.1. The molecule has 2 heterocycles. The third-order valence-corrected chi connectivity index (χ3v) is 5.90. The van der Waals surface area contributed by atoms with E-state index >= 15 is 0 Å². The second-order valence-corrected chi connectivity index (χ2v) is 8.70. The zero-order chi connectivity index (χ0) is 20.7. The summed E-state index contributed by atoms with van der Waals surface area (Å²) in [6.07, 6.45) is -4.09. The molecule has 1 aromatic carbocycles. The van der Waals surface area contributed by atoms with E-state index in [9.17, 15) is 26.7 Å². The Morgan fingerprint density at radius 3 is 2.43 bits per heavy atom.